The summed E-state index contributed by atoms with van der Waals surface area (Å²) in [5, 5.41) is 18.7. The molecule has 10 heteroatoms. The van der Waals surface area contributed by atoms with E-state index in [9.17, 15) is 24.6 Å². The first-order valence-corrected chi connectivity index (χ1v) is 9.98. The average Bonchev–Trinajstić information content (AvgIpc) is 2.94. The molecule has 0 bridgehead atoms. The second-order valence-electron chi connectivity index (χ2n) is 6.08. The van der Waals surface area contributed by atoms with Gasteiger partial charge in [-0.2, -0.15) is 0 Å². The number of nitrogens with zero attached hydrogens (tertiary/aromatic N) is 1. The molecular weight excluding hydrogens is 392 g/mol. The number of carboxylic acid groups (broad SMARTS) is 1. The highest BCUT2D eigenvalue weighted by molar-refractivity contribution is 8.22. The second-order valence-corrected chi connectivity index (χ2v) is 8.49. The number of carboxylic acids is 1. The molecule has 1 saturated heterocycles. The highest BCUT2D eigenvalue weighted by Gasteiger charge is 2.57. The zero-order chi connectivity index (χ0) is 19.7. The van der Waals surface area contributed by atoms with Crippen molar-refractivity contribution in [3.8, 4) is 5.75 Å². The lowest BCUT2D eigenvalue weighted by Crippen LogP contribution is -2.60. The number of ether oxygens (including phenoxy) is 1. The molecule has 0 aliphatic carbocycles. The Bertz CT molecular complexity index is 798. The molecule has 2 unspecified atom stereocenters. The van der Waals surface area contributed by atoms with Crippen LogP contribution in [0.15, 0.2) is 40.3 Å². The number of rotatable bonds is 7. The molecule has 0 aromatic heterocycles. The van der Waals surface area contributed by atoms with E-state index < -0.39 is 41.3 Å². The summed E-state index contributed by atoms with van der Waals surface area (Å²) in [4.78, 5) is 37.0. The predicted octanol–water partition coefficient (Wildman–Crippen LogP) is 0.818. The average molecular weight is 410 g/mol. The Balaban J connectivity index is 1.64. The van der Waals surface area contributed by atoms with E-state index in [1.807, 2.05) is 0 Å². The van der Waals surface area contributed by atoms with Crippen LogP contribution in [0.25, 0.3) is 0 Å². The molecule has 2 aliphatic rings. The van der Waals surface area contributed by atoms with Crippen molar-refractivity contribution in [3.63, 3.8) is 0 Å². The number of hydrogen-bond acceptors (Lipinski definition) is 8. The van der Waals surface area contributed by atoms with Crippen molar-refractivity contribution in [2.45, 2.75) is 24.4 Å². The molecule has 1 fully saturated rings. The number of carbonyl (C=O) groups excluding carboxylic acids is 2. The maximum absolute atomic E-state index is 12.1. The van der Waals surface area contributed by atoms with Gasteiger partial charge >= 0.3 is 11.9 Å². The molecule has 1 amide bonds. The number of fused-ring (bicyclic) bond motifs is 1. The van der Waals surface area contributed by atoms with Crippen molar-refractivity contribution in [2.24, 2.45) is 11.7 Å². The van der Waals surface area contributed by atoms with Crippen LogP contribution in [-0.4, -0.2) is 56.2 Å². The Kier molecular flexibility index (Phi) is 5.80. The van der Waals surface area contributed by atoms with Crippen LogP contribution in [0.4, 0.5) is 0 Å². The highest BCUT2D eigenvalue weighted by atomic mass is 32.2. The third kappa shape index (κ3) is 3.84. The summed E-state index contributed by atoms with van der Waals surface area (Å²) in [7, 11) is 0. The Labute approximate surface area is 163 Å². The van der Waals surface area contributed by atoms with Crippen molar-refractivity contribution in [2.75, 3.05) is 5.75 Å². The van der Waals surface area contributed by atoms with Gasteiger partial charge in [-0.25, -0.2) is 9.59 Å². The highest BCUT2D eigenvalue weighted by Crippen LogP contribution is 2.53. The number of esters is 1. The van der Waals surface area contributed by atoms with Gasteiger partial charge in [0.2, 0.25) is 5.91 Å². The van der Waals surface area contributed by atoms with Crippen molar-refractivity contribution < 1.29 is 29.3 Å². The van der Waals surface area contributed by atoms with E-state index >= 15 is 0 Å². The first-order chi connectivity index (χ1) is 12.8. The first-order valence-electron chi connectivity index (χ1n) is 8.11. The third-order valence-electron chi connectivity index (χ3n) is 4.13. The number of amides is 1. The van der Waals surface area contributed by atoms with Crippen molar-refractivity contribution in [3.05, 3.63) is 40.3 Å². The smallest absolute Gasteiger partial charge is 0.354 e. The lowest BCUT2D eigenvalue weighted by atomic mass is 9.92. The fraction of sp³-hybridized carbons (Fsp3) is 0.353. The van der Waals surface area contributed by atoms with Crippen LogP contribution in [0.2, 0.25) is 0 Å². The molecule has 4 atom stereocenters. The van der Waals surface area contributed by atoms with Crippen molar-refractivity contribution in [1.29, 1.82) is 0 Å². The van der Waals surface area contributed by atoms with Gasteiger partial charge in [-0.15, -0.1) is 11.8 Å². The fourth-order valence-electron chi connectivity index (χ4n) is 2.76. The van der Waals surface area contributed by atoms with Crippen LogP contribution in [-0.2, 0) is 14.4 Å². The number of aliphatic hydroxyl groups is 1. The maximum atomic E-state index is 12.1. The Morgan fingerprint density at radius 2 is 2.04 bits per heavy atom. The molecule has 144 valence electrons. The molecule has 27 heavy (non-hydrogen) atoms. The minimum absolute atomic E-state index is 0.0961. The van der Waals surface area contributed by atoms with E-state index in [4.69, 9.17) is 10.5 Å². The Morgan fingerprint density at radius 1 is 1.37 bits per heavy atom. The van der Waals surface area contributed by atoms with Gasteiger partial charge in [0.15, 0.2) is 5.70 Å². The number of thioether (sulfide) groups is 2. The van der Waals surface area contributed by atoms with Crippen LogP contribution in [0.3, 0.4) is 0 Å². The summed E-state index contributed by atoms with van der Waals surface area (Å²) in [6.45, 7) is 1.50. The number of aliphatic hydroxyl groups excluding tert-OH is 1. The summed E-state index contributed by atoms with van der Waals surface area (Å²) >= 11 is 2.29. The number of aliphatic carboxylic acids is 1. The Morgan fingerprint density at radius 3 is 2.63 bits per heavy atom. The van der Waals surface area contributed by atoms with Crippen LogP contribution in [0.5, 0.6) is 5.75 Å². The van der Waals surface area contributed by atoms with Crippen LogP contribution in [0, 0.1) is 5.92 Å². The largest absolute Gasteiger partial charge is 0.477 e. The van der Waals surface area contributed by atoms with E-state index in [-0.39, 0.29) is 11.4 Å². The second kappa shape index (κ2) is 7.93. The molecule has 2 heterocycles. The zero-order valence-electron chi connectivity index (χ0n) is 14.3. The normalized spacial score (nSPS) is 23.5. The molecule has 3 rings (SSSR count). The molecule has 0 spiro atoms. The van der Waals surface area contributed by atoms with Gasteiger partial charge in [0.1, 0.15) is 17.2 Å². The molecule has 1 aromatic rings. The molecule has 2 aliphatic heterocycles. The molecule has 0 saturated carbocycles. The summed E-state index contributed by atoms with van der Waals surface area (Å²) in [5.74, 6) is -2.44. The molecule has 4 N–H and O–H groups in total. The number of β-lactam (4-membered cyclic amide) rings is 1. The SMILES string of the molecule is CC(O)[C@H]1C(=O)N2C(C(=O)O)=C(SCC(N)C(=O)Oc3ccccc3)S[C@H]12. The van der Waals surface area contributed by atoms with E-state index in [0.717, 1.165) is 11.8 Å². The summed E-state index contributed by atoms with van der Waals surface area (Å²) in [5.41, 5.74) is 5.73. The minimum Gasteiger partial charge on any atom is -0.477 e. The van der Waals surface area contributed by atoms with Gasteiger partial charge in [-0.1, -0.05) is 30.0 Å². The number of para-hydroxylation sites is 1. The van der Waals surface area contributed by atoms with Crippen LogP contribution >= 0.6 is 23.5 Å². The zero-order valence-corrected chi connectivity index (χ0v) is 15.9. The van der Waals surface area contributed by atoms with Gasteiger partial charge in [0.05, 0.1) is 16.3 Å². The summed E-state index contributed by atoms with van der Waals surface area (Å²) in [6, 6.07) is 7.53. The number of hydrogen-bond donors (Lipinski definition) is 3. The van der Waals surface area contributed by atoms with Gasteiger partial charge in [0, 0.05) is 5.75 Å². The predicted molar refractivity (Wildman–Crippen MR) is 101 cm³/mol. The third-order valence-corrected chi connectivity index (χ3v) is 6.90. The van der Waals surface area contributed by atoms with E-state index in [1.54, 1.807) is 30.3 Å². The monoisotopic (exact) mass is 410 g/mol. The summed E-state index contributed by atoms with van der Waals surface area (Å²) < 4.78 is 5.57. The van der Waals surface area contributed by atoms with Crippen LogP contribution in [0.1, 0.15) is 6.92 Å². The Hall–Kier alpha value is -2.01. The van der Waals surface area contributed by atoms with Crippen molar-refractivity contribution in [1.82, 2.24) is 4.90 Å². The molecule has 8 nitrogen and oxygen atoms in total. The molecule has 1 aromatic carbocycles. The maximum Gasteiger partial charge on any atom is 0.354 e. The summed E-state index contributed by atoms with van der Waals surface area (Å²) in [6.07, 6.45) is -0.867. The van der Waals surface area contributed by atoms with Gasteiger partial charge in [-0.3, -0.25) is 9.69 Å². The van der Waals surface area contributed by atoms with E-state index in [2.05, 4.69) is 0 Å². The number of benzene rings is 1. The quantitative estimate of drug-likeness (QED) is 0.340. The minimum atomic E-state index is -1.23. The van der Waals surface area contributed by atoms with E-state index in [1.165, 1.54) is 23.6 Å². The van der Waals surface area contributed by atoms with Crippen molar-refractivity contribution >= 4 is 41.4 Å². The number of carbonyl (C=O) groups is 3. The topological polar surface area (TPSA) is 130 Å². The lowest BCUT2D eigenvalue weighted by molar-refractivity contribution is -0.156. The number of nitrogens with two attached hydrogens (primary N) is 1. The van der Waals surface area contributed by atoms with Gasteiger partial charge in [-0.05, 0) is 19.1 Å². The standard InChI is InChI=1S/C17H18N2O6S2/c1-8(20)11-13(21)19-12(15(22)23)17(27-14(11)19)26-7-10(18)16(24)25-9-5-3-2-4-6-9/h2-6,8,10-11,14,20H,7,18H2,1H3,(H,22,23)/t8?,10?,11-,14+/m0/s1. The van der Waals surface area contributed by atoms with Gasteiger partial charge < -0.3 is 20.7 Å². The first kappa shape index (κ1) is 19.7. The fourth-order valence-corrected chi connectivity index (χ4v) is 5.65. The molecule has 0 radical (unpaired) electrons. The molecular formula is C17H18N2O6S2. The van der Waals surface area contributed by atoms with Crippen LogP contribution < -0.4 is 10.5 Å². The van der Waals surface area contributed by atoms with E-state index in [0.29, 0.717) is 9.99 Å². The van der Waals surface area contributed by atoms with Gasteiger partial charge in [0.25, 0.3) is 0 Å². The lowest BCUT2D eigenvalue weighted by Gasteiger charge is -2.43.